The lowest BCUT2D eigenvalue weighted by Gasteiger charge is -2.32. The van der Waals surface area contributed by atoms with Crippen molar-refractivity contribution in [1.82, 2.24) is 9.97 Å². The van der Waals surface area contributed by atoms with Crippen LogP contribution in [-0.2, 0) is 4.74 Å². The van der Waals surface area contributed by atoms with Gasteiger partial charge >= 0.3 is 0 Å². The van der Waals surface area contributed by atoms with Gasteiger partial charge in [0.15, 0.2) is 11.6 Å². The number of nitrogens with zero attached hydrogens (tertiary/aromatic N) is 3. The molecule has 0 aromatic carbocycles. The number of fused-ring (bicyclic) bond motifs is 1. The third kappa shape index (κ3) is 2.68. The third-order valence-corrected chi connectivity index (χ3v) is 4.06. The highest BCUT2D eigenvalue weighted by Crippen LogP contribution is 2.38. The molecule has 1 aromatic heterocycles. The molecule has 116 valence electrons. The zero-order valence-electron chi connectivity index (χ0n) is 12.4. The van der Waals surface area contributed by atoms with Gasteiger partial charge in [-0.15, -0.1) is 0 Å². The lowest BCUT2D eigenvalue weighted by Crippen LogP contribution is -2.42. The highest BCUT2D eigenvalue weighted by molar-refractivity contribution is 5.69. The highest BCUT2D eigenvalue weighted by atomic mass is 16.5. The first-order valence-electron chi connectivity index (χ1n) is 7.18. The summed E-state index contributed by atoms with van der Waals surface area (Å²) < 4.78 is 11.2. The second-order valence-corrected chi connectivity index (χ2v) is 5.58. The van der Waals surface area contributed by atoms with Crippen LogP contribution in [0.4, 0.5) is 17.6 Å². The average Bonchev–Trinajstić information content (AvgIpc) is 2.91. The fourth-order valence-corrected chi connectivity index (χ4v) is 2.69. The molecule has 8 heteroatoms. The number of nitrogens with one attached hydrogen (secondary N) is 1. The Balaban J connectivity index is 1.89. The van der Waals surface area contributed by atoms with Gasteiger partial charge in [-0.3, -0.25) is 0 Å². The second kappa shape index (κ2) is 5.53. The summed E-state index contributed by atoms with van der Waals surface area (Å²) in [6.45, 7) is 4.09. The van der Waals surface area contributed by atoms with E-state index in [-0.39, 0.29) is 24.1 Å². The molecule has 3 heterocycles. The number of methoxy groups -OCH3 is 1. The molecule has 1 fully saturated rings. The van der Waals surface area contributed by atoms with Gasteiger partial charge in [-0.2, -0.15) is 9.97 Å². The van der Waals surface area contributed by atoms with Crippen molar-refractivity contribution in [3.05, 3.63) is 0 Å². The Morgan fingerprint density at radius 1 is 1.48 bits per heavy atom. The Labute approximate surface area is 123 Å². The number of nitrogens with two attached hydrogens (primary N) is 2. The van der Waals surface area contributed by atoms with Crippen molar-refractivity contribution in [3.8, 4) is 5.75 Å². The van der Waals surface area contributed by atoms with Gasteiger partial charge < -0.3 is 31.2 Å². The zero-order chi connectivity index (χ0) is 15.0. The van der Waals surface area contributed by atoms with Crippen LogP contribution in [0.3, 0.4) is 0 Å². The fraction of sp³-hybridized carbons (Fsp3) is 0.692. The minimum atomic E-state index is 0.0120. The molecule has 0 amide bonds. The van der Waals surface area contributed by atoms with E-state index in [4.69, 9.17) is 20.9 Å². The SMILES string of the molecule is CO[C@H](C)[C@@H]1COc2c(nc(N)nc2N2CC[C@@H](N)C2)N1. The standard InChI is InChI=1S/C13H22N6O2/c1-7(20-2)9-6-21-10-11(16-9)17-13(15)18-12(10)19-4-3-8(14)5-19/h7-9H,3-6,14H2,1-2H3,(H3,15,16,17,18)/t7-,8-,9+/m1/s1. The molecule has 0 radical (unpaired) electrons. The first-order valence-corrected chi connectivity index (χ1v) is 7.18. The Bertz CT molecular complexity index is 526. The number of nitrogen functional groups attached to an aromatic ring is 1. The molecule has 8 nitrogen and oxygen atoms in total. The highest BCUT2D eigenvalue weighted by Gasteiger charge is 2.31. The number of rotatable bonds is 3. The minimum absolute atomic E-state index is 0.0120. The van der Waals surface area contributed by atoms with Gasteiger partial charge in [-0.05, 0) is 13.3 Å². The van der Waals surface area contributed by atoms with E-state index < -0.39 is 0 Å². The van der Waals surface area contributed by atoms with Gasteiger partial charge in [0.1, 0.15) is 6.61 Å². The number of ether oxygens (including phenoxy) is 2. The number of anilines is 3. The third-order valence-electron chi connectivity index (χ3n) is 4.06. The van der Waals surface area contributed by atoms with E-state index in [1.807, 2.05) is 6.92 Å². The van der Waals surface area contributed by atoms with Crippen LogP contribution in [0.2, 0.25) is 0 Å². The molecule has 1 saturated heterocycles. The van der Waals surface area contributed by atoms with E-state index in [1.165, 1.54) is 0 Å². The van der Waals surface area contributed by atoms with E-state index >= 15 is 0 Å². The van der Waals surface area contributed by atoms with Gasteiger partial charge in [-0.1, -0.05) is 0 Å². The maximum absolute atomic E-state index is 5.97. The lowest BCUT2D eigenvalue weighted by molar-refractivity contribution is 0.0804. The van der Waals surface area contributed by atoms with Crippen molar-refractivity contribution < 1.29 is 9.47 Å². The summed E-state index contributed by atoms with van der Waals surface area (Å²) in [7, 11) is 1.67. The Kier molecular flexibility index (Phi) is 3.73. The summed E-state index contributed by atoms with van der Waals surface area (Å²) in [6.07, 6.45) is 0.952. The molecule has 0 spiro atoms. The molecule has 0 bridgehead atoms. The smallest absolute Gasteiger partial charge is 0.224 e. The van der Waals surface area contributed by atoms with Crippen molar-refractivity contribution in [2.75, 3.05) is 42.8 Å². The summed E-state index contributed by atoms with van der Waals surface area (Å²) in [5.41, 5.74) is 11.8. The first kappa shape index (κ1) is 14.2. The van der Waals surface area contributed by atoms with Crippen LogP contribution in [0.1, 0.15) is 13.3 Å². The molecule has 3 atom stereocenters. The molecule has 2 aliphatic rings. The number of hydrogen-bond donors (Lipinski definition) is 3. The molecule has 5 N–H and O–H groups in total. The lowest BCUT2D eigenvalue weighted by atomic mass is 10.1. The van der Waals surface area contributed by atoms with Gasteiger partial charge in [0.2, 0.25) is 11.7 Å². The normalized spacial score (nSPS) is 26.0. The van der Waals surface area contributed by atoms with Crippen LogP contribution in [0, 0.1) is 0 Å². The summed E-state index contributed by atoms with van der Waals surface area (Å²) >= 11 is 0. The maximum Gasteiger partial charge on any atom is 0.224 e. The van der Waals surface area contributed by atoms with Gasteiger partial charge in [-0.25, -0.2) is 0 Å². The molecule has 21 heavy (non-hydrogen) atoms. The largest absolute Gasteiger partial charge is 0.484 e. The van der Waals surface area contributed by atoms with E-state index in [9.17, 15) is 0 Å². The molecule has 2 aliphatic heterocycles. The molecular formula is C13H22N6O2. The monoisotopic (exact) mass is 294 g/mol. The van der Waals surface area contributed by atoms with E-state index in [0.717, 1.165) is 25.3 Å². The quantitative estimate of drug-likeness (QED) is 0.703. The summed E-state index contributed by atoms with van der Waals surface area (Å²) in [5.74, 6) is 2.23. The van der Waals surface area contributed by atoms with Crippen LogP contribution >= 0.6 is 0 Å². The van der Waals surface area contributed by atoms with E-state index in [0.29, 0.717) is 18.2 Å². The Morgan fingerprint density at radius 3 is 2.95 bits per heavy atom. The van der Waals surface area contributed by atoms with Crippen molar-refractivity contribution in [2.45, 2.75) is 31.5 Å². The van der Waals surface area contributed by atoms with Crippen LogP contribution < -0.4 is 26.4 Å². The Hall–Kier alpha value is -1.80. The predicted octanol–water partition coefficient (Wildman–Crippen LogP) is -0.196. The van der Waals surface area contributed by atoms with Crippen molar-refractivity contribution in [3.63, 3.8) is 0 Å². The predicted molar refractivity (Wildman–Crippen MR) is 80.6 cm³/mol. The maximum atomic E-state index is 5.97. The summed E-state index contributed by atoms with van der Waals surface area (Å²) in [5, 5.41) is 3.32. The van der Waals surface area contributed by atoms with Crippen LogP contribution in [0.5, 0.6) is 5.75 Å². The van der Waals surface area contributed by atoms with Crippen LogP contribution in [-0.4, -0.2) is 55.0 Å². The summed E-state index contributed by atoms with van der Waals surface area (Å²) in [4.78, 5) is 10.7. The van der Waals surface area contributed by atoms with Gasteiger partial charge in [0.25, 0.3) is 0 Å². The molecule has 0 saturated carbocycles. The zero-order valence-corrected chi connectivity index (χ0v) is 12.4. The van der Waals surface area contributed by atoms with E-state index in [1.54, 1.807) is 7.11 Å². The van der Waals surface area contributed by atoms with Crippen molar-refractivity contribution in [1.29, 1.82) is 0 Å². The van der Waals surface area contributed by atoms with Crippen LogP contribution in [0.15, 0.2) is 0 Å². The van der Waals surface area contributed by atoms with E-state index in [2.05, 4.69) is 20.2 Å². The molecule has 0 aliphatic carbocycles. The van der Waals surface area contributed by atoms with Crippen molar-refractivity contribution >= 4 is 17.6 Å². The molecule has 0 unspecified atom stereocenters. The fourth-order valence-electron chi connectivity index (χ4n) is 2.69. The average molecular weight is 294 g/mol. The topological polar surface area (TPSA) is 112 Å². The number of hydrogen-bond acceptors (Lipinski definition) is 8. The first-order chi connectivity index (χ1) is 10.1. The van der Waals surface area contributed by atoms with Crippen LogP contribution in [0.25, 0.3) is 0 Å². The second-order valence-electron chi connectivity index (χ2n) is 5.58. The molecule has 3 rings (SSSR count). The summed E-state index contributed by atoms with van der Waals surface area (Å²) in [6, 6.07) is 0.195. The Morgan fingerprint density at radius 2 is 2.29 bits per heavy atom. The minimum Gasteiger partial charge on any atom is -0.484 e. The van der Waals surface area contributed by atoms with Crippen molar-refractivity contribution in [2.24, 2.45) is 5.73 Å². The molecular weight excluding hydrogens is 272 g/mol. The number of aromatic nitrogens is 2. The van der Waals surface area contributed by atoms with Gasteiger partial charge in [0.05, 0.1) is 12.1 Å². The molecule has 1 aromatic rings. The van der Waals surface area contributed by atoms with Gasteiger partial charge in [0, 0.05) is 26.2 Å².